The van der Waals surface area contributed by atoms with Crippen molar-refractivity contribution in [3.05, 3.63) is 59.9 Å². The second-order valence-electron chi connectivity index (χ2n) is 6.89. The molecule has 26 heavy (non-hydrogen) atoms. The van der Waals surface area contributed by atoms with Gasteiger partial charge in [0.2, 0.25) is 10.0 Å². The fraction of sp³-hybridized carbons (Fsp3) is 0.450. The smallest absolute Gasteiger partial charge is 0.240 e. The molecule has 2 heterocycles. The average molecular weight is 374 g/mol. The zero-order chi connectivity index (χ0) is 18.4. The number of aromatic nitrogens is 1. The number of hydrogen-bond acceptors (Lipinski definition) is 4. The van der Waals surface area contributed by atoms with Gasteiger partial charge in [0.1, 0.15) is 0 Å². The first-order chi connectivity index (χ1) is 12.6. The van der Waals surface area contributed by atoms with Crippen LogP contribution in [0.2, 0.25) is 0 Å². The highest BCUT2D eigenvalue weighted by Crippen LogP contribution is 2.19. The van der Waals surface area contributed by atoms with Gasteiger partial charge in [-0.2, -0.15) is 0 Å². The lowest BCUT2D eigenvalue weighted by atomic mass is 9.97. The number of pyridine rings is 1. The number of likely N-dealkylation sites (tertiary alicyclic amines) is 1. The van der Waals surface area contributed by atoms with E-state index in [1.807, 2.05) is 36.5 Å². The number of piperidine rings is 1. The Kier molecular flexibility index (Phi) is 6.40. The van der Waals surface area contributed by atoms with Crippen LogP contribution in [-0.2, 0) is 23.0 Å². The fourth-order valence-corrected chi connectivity index (χ4v) is 4.40. The van der Waals surface area contributed by atoms with Crippen molar-refractivity contribution in [1.29, 1.82) is 0 Å². The first-order valence-corrected chi connectivity index (χ1v) is 10.8. The van der Waals surface area contributed by atoms with E-state index >= 15 is 0 Å². The van der Waals surface area contributed by atoms with Crippen molar-refractivity contribution in [2.75, 3.05) is 19.6 Å². The molecule has 1 aliphatic heterocycles. The maximum Gasteiger partial charge on any atom is 0.240 e. The van der Waals surface area contributed by atoms with Gasteiger partial charge in [-0.3, -0.25) is 9.88 Å². The molecule has 2 aromatic rings. The van der Waals surface area contributed by atoms with Crippen LogP contribution in [-0.4, -0.2) is 37.9 Å². The van der Waals surface area contributed by atoms with E-state index in [0.717, 1.165) is 50.2 Å². The van der Waals surface area contributed by atoms with E-state index in [-0.39, 0.29) is 0 Å². The second kappa shape index (κ2) is 8.75. The largest absolute Gasteiger partial charge is 0.297 e. The molecular weight excluding hydrogens is 346 g/mol. The van der Waals surface area contributed by atoms with Gasteiger partial charge < -0.3 is 0 Å². The monoisotopic (exact) mass is 373 g/mol. The molecule has 1 aromatic heterocycles. The molecule has 0 radical (unpaired) electrons. The first-order valence-electron chi connectivity index (χ1n) is 9.27. The summed E-state index contributed by atoms with van der Waals surface area (Å²) in [5.74, 6) is 0.389. The third-order valence-electron chi connectivity index (χ3n) is 5.02. The average Bonchev–Trinajstić information content (AvgIpc) is 2.68. The molecule has 0 unspecified atom stereocenters. The van der Waals surface area contributed by atoms with Crippen molar-refractivity contribution in [2.45, 2.75) is 37.6 Å². The van der Waals surface area contributed by atoms with Crippen LogP contribution in [0.4, 0.5) is 0 Å². The molecule has 1 fully saturated rings. The Morgan fingerprint density at radius 3 is 2.46 bits per heavy atom. The summed E-state index contributed by atoms with van der Waals surface area (Å²) < 4.78 is 27.7. The number of hydrogen-bond donors (Lipinski definition) is 1. The number of nitrogens with zero attached hydrogens (tertiary/aromatic N) is 2. The minimum atomic E-state index is -3.42. The number of aryl methyl sites for hydroxylation is 1. The van der Waals surface area contributed by atoms with Crippen molar-refractivity contribution in [2.24, 2.45) is 5.92 Å². The standard InChI is InChI=1S/C20H27N3O2S/c1-2-17-6-8-20(9-7-17)26(24,25)22-15-18-10-13-23(14-11-18)16-19-5-3-4-12-21-19/h3-9,12,18,22H,2,10-11,13-16H2,1H3. The zero-order valence-corrected chi connectivity index (χ0v) is 16.1. The molecular formula is C20H27N3O2S. The minimum absolute atomic E-state index is 0.349. The molecule has 1 saturated heterocycles. The molecule has 0 atom stereocenters. The zero-order valence-electron chi connectivity index (χ0n) is 15.3. The maximum atomic E-state index is 12.5. The Labute approximate surface area is 156 Å². The number of benzene rings is 1. The number of rotatable bonds is 7. The Bertz CT molecular complexity index is 784. The molecule has 5 nitrogen and oxygen atoms in total. The predicted molar refractivity (Wildman–Crippen MR) is 103 cm³/mol. The second-order valence-corrected chi connectivity index (χ2v) is 8.66. The van der Waals surface area contributed by atoms with Crippen molar-refractivity contribution in [3.63, 3.8) is 0 Å². The quantitative estimate of drug-likeness (QED) is 0.811. The third kappa shape index (κ3) is 5.13. The Morgan fingerprint density at radius 2 is 1.85 bits per heavy atom. The van der Waals surface area contributed by atoms with Gasteiger partial charge in [0.15, 0.2) is 0 Å². The van der Waals surface area contributed by atoms with Gasteiger partial charge in [-0.15, -0.1) is 0 Å². The summed E-state index contributed by atoms with van der Waals surface area (Å²) in [4.78, 5) is 7.11. The maximum absolute atomic E-state index is 12.5. The van der Waals surface area contributed by atoms with Gasteiger partial charge in [-0.1, -0.05) is 25.1 Å². The van der Waals surface area contributed by atoms with Crippen molar-refractivity contribution >= 4 is 10.0 Å². The molecule has 0 saturated carbocycles. The molecule has 0 amide bonds. The lowest BCUT2D eigenvalue weighted by molar-refractivity contribution is 0.177. The number of sulfonamides is 1. The van der Waals surface area contributed by atoms with E-state index in [1.54, 1.807) is 12.1 Å². The predicted octanol–water partition coefficient (Wildman–Crippen LogP) is 2.83. The van der Waals surface area contributed by atoms with E-state index in [4.69, 9.17) is 0 Å². The summed E-state index contributed by atoms with van der Waals surface area (Å²) in [6.07, 6.45) is 4.74. The molecule has 6 heteroatoms. The third-order valence-corrected chi connectivity index (χ3v) is 6.46. The van der Waals surface area contributed by atoms with E-state index < -0.39 is 10.0 Å². The van der Waals surface area contributed by atoms with Crippen LogP contribution < -0.4 is 4.72 Å². The van der Waals surface area contributed by atoms with Crippen molar-refractivity contribution < 1.29 is 8.42 Å². The summed E-state index contributed by atoms with van der Waals surface area (Å²) in [6.45, 7) is 5.39. The van der Waals surface area contributed by atoms with Crippen LogP contribution in [0.3, 0.4) is 0 Å². The van der Waals surface area contributed by atoms with Gasteiger partial charge in [-0.05, 0) is 68.1 Å². The molecule has 0 bridgehead atoms. The molecule has 1 N–H and O–H groups in total. The lowest BCUT2D eigenvalue weighted by Crippen LogP contribution is -2.38. The molecule has 0 aliphatic carbocycles. The van der Waals surface area contributed by atoms with E-state index in [0.29, 0.717) is 17.4 Å². The summed E-state index contributed by atoms with van der Waals surface area (Å²) in [6, 6.07) is 13.1. The van der Waals surface area contributed by atoms with Gasteiger partial charge in [0.05, 0.1) is 10.6 Å². The highest BCUT2D eigenvalue weighted by molar-refractivity contribution is 7.89. The number of nitrogens with one attached hydrogen (secondary N) is 1. The van der Waals surface area contributed by atoms with Crippen molar-refractivity contribution in [3.8, 4) is 0 Å². The van der Waals surface area contributed by atoms with Crippen molar-refractivity contribution in [1.82, 2.24) is 14.6 Å². The van der Waals surface area contributed by atoms with E-state index in [9.17, 15) is 8.42 Å². The van der Waals surface area contributed by atoms with E-state index in [2.05, 4.69) is 21.5 Å². The molecule has 0 spiro atoms. The van der Waals surface area contributed by atoms with Crippen LogP contribution in [0.25, 0.3) is 0 Å². The van der Waals surface area contributed by atoms with E-state index in [1.165, 1.54) is 0 Å². The summed E-state index contributed by atoms with van der Waals surface area (Å²) in [5.41, 5.74) is 2.23. The van der Waals surface area contributed by atoms with Gasteiger partial charge in [0.25, 0.3) is 0 Å². The fourth-order valence-electron chi connectivity index (χ4n) is 3.28. The highest BCUT2D eigenvalue weighted by atomic mass is 32.2. The highest BCUT2D eigenvalue weighted by Gasteiger charge is 2.22. The molecule has 1 aromatic carbocycles. The van der Waals surface area contributed by atoms with Crippen LogP contribution in [0.1, 0.15) is 31.0 Å². The van der Waals surface area contributed by atoms with Crippen LogP contribution >= 0.6 is 0 Å². The van der Waals surface area contributed by atoms with Gasteiger partial charge in [-0.25, -0.2) is 13.1 Å². The molecule has 1 aliphatic rings. The van der Waals surface area contributed by atoms with Crippen LogP contribution in [0.5, 0.6) is 0 Å². The van der Waals surface area contributed by atoms with Gasteiger partial charge in [0, 0.05) is 19.3 Å². The molecule has 140 valence electrons. The Hall–Kier alpha value is -1.76. The van der Waals surface area contributed by atoms with Crippen LogP contribution in [0, 0.1) is 5.92 Å². The molecule has 3 rings (SSSR count). The SMILES string of the molecule is CCc1ccc(S(=O)(=O)NCC2CCN(Cc3ccccn3)CC2)cc1. The van der Waals surface area contributed by atoms with Gasteiger partial charge >= 0.3 is 0 Å². The summed E-state index contributed by atoms with van der Waals surface area (Å²) >= 11 is 0. The summed E-state index contributed by atoms with van der Waals surface area (Å²) in [7, 11) is -3.42. The lowest BCUT2D eigenvalue weighted by Gasteiger charge is -2.31. The minimum Gasteiger partial charge on any atom is -0.297 e. The Morgan fingerprint density at radius 1 is 1.12 bits per heavy atom. The summed E-state index contributed by atoms with van der Waals surface area (Å²) in [5, 5.41) is 0. The topological polar surface area (TPSA) is 62.3 Å². The Balaban J connectivity index is 1.47. The van der Waals surface area contributed by atoms with Crippen LogP contribution in [0.15, 0.2) is 53.6 Å². The first kappa shape index (κ1) is 19.0. The normalized spacial score (nSPS) is 16.7.